The van der Waals surface area contributed by atoms with Gasteiger partial charge in [0.25, 0.3) is 0 Å². The van der Waals surface area contributed by atoms with Crippen molar-refractivity contribution < 1.29 is 0 Å². The van der Waals surface area contributed by atoms with Gasteiger partial charge >= 0.3 is 0 Å². The molecule has 0 spiro atoms. The first kappa shape index (κ1) is 48.1. The van der Waals surface area contributed by atoms with Crippen molar-refractivity contribution in [3.05, 3.63) is 163 Å². The van der Waals surface area contributed by atoms with Crippen molar-refractivity contribution in [3.63, 3.8) is 0 Å². The third-order valence-corrected chi connectivity index (χ3v) is 14.9. The standard InChI is InChI=1S/C27H31ClN4.C26H29ClN4.2CH4/c1-18-19(2)32(17-30-18)14-10-21-15-22-5-4-11-29-27(22)26(20-8-12-31(3)13-9-20)24-7-6-23(28)16-25(21)24;1-17-18(2)31(16-30-17)13-9-20-14-21-4-3-10-29-26(21)25(19-7-11-28-12-8-19)23-6-5-22(27)15-24(20)23;;/h4-7,11,15-17,20,26H,8-10,12-14H2,1-3H3;3-6,10,14-16,19,25,28H,7-9,11-13H2,1-2H3;2*1H4. The largest absolute Gasteiger partial charge is 0.334 e. The second-order valence-electron chi connectivity index (χ2n) is 18.2. The molecule has 8 nitrogen and oxygen atoms in total. The first-order chi connectivity index (χ1) is 30.6. The maximum atomic E-state index is 6.54. The molecule has 65 heavy (non-hydrogen) atoms. The molecule has 0 saturated carbocycles. The summed E-state index contributed by atoms with van der Waals surface area (Å²) >= 11 is 13.1. The molecule has 2 atom stereocenters. The van der Waals surface area contributed by atoms with Crippen molar-refractivity contribution in [2.24, 2.45) is 11.8 Å². The first-order valence-corrected chi connectivity index (χ1v) is 23.6. The van der Waals surface area contributed by atoms with Crippen LogP contribution in [0.4, 0.5) is 0 Å². The Morgan fingerprint density at radius 2 is 1.05 bits per heavy atom. The van der Waals surface area contributed by atoms with Gasteiger partial charge < -0.3 is 19.4 Å². The Labute approximate surface area is 398 Å². The summed E-state index contributed by atoms with van der Waals surface area (Å²) in [5.74, 6) is 1.78. The SMILES string of the molecule is C.C.Cc1ncn(CCC2=Cc3cccnc3C(C3CCN(C)CC3)c3ccc(Cl)cc32)c1C.Cc1ncn(CCC2=Cc3cccnc3C(C3CCNCC3)c3ccc(Cl)cc32)c1C. The number of pyridine rings is 2. The normalized spacial score (nSPS) is 18.4. The van der Waals surface area contributed by atoms with Crippen LogP contribution >= 0.6 is 23.2 Å². The Kier molecular flexibility index (Phi) is 15.7. The van der Waals surface area contributed by atoms with E-state index in [-0.39, 0.29) is 14.9 Å². The van der Waals surface area contributed by atoms with Gasteiger partial charge in [-0.2, -0.15) is 0 Å². The fraction of sp³-hybridized carbons (Fsp3) is 0.418. The molecule has 2 saturated heterocycles. The Balaban J connectivity index is 0.000000188. The van der Waals surface area contributed by atoms with Crippen LogP contribution in [0.2, 0.25) is 10.0 Å². The van der Waals surface area contributed by atoms with Crippen LogP contribution in [0.15, 0.2) is 85.7 Å². The molecule has 4 aliphatic rings. The first-order valence-electron chi connectivity index (χ1n) is 22.9. The lowest BCUT2D eigenvalue weighted by Crippen LogP contribution is -2.33. The minimum absolute atomic E-state index is 0. The fourth-order valence-corrected chi connectivity index (χ4v) is 10.9. The minimum atomic E-state index is 0. The second kappa shape index (κ2) is 21.2. The number of nitrogens with zero attached hydrogens (tertiary/aromatic N) is 7. The van der Waals surface area contributed by atoms with Crippen LogP contribution in [-0.4, -0.2) is 67.2 Å². The van der Waals surface area contributed by atoms with Crippen LogP contribution in [0.1, 0.15) is 133 Å². The van der Waals surface area contributed by atoms with Gasteiger partial charge in [-0.25, -0.2) is 9.97 Å². The number of halogens is 2. The van der Waals surface area contributed by atoms with Gasteiger partial charge in [-0.3, -0.25) is 9.97 Å². The molecule has 2 aliphatic heterocycles. The number of imidazole rings is 2. The van der Waals surface area contributed by atoms with E-state index in [2.05, 4.69) is 131 Å². The Bertz CT molecular complexity index is 2640. The molecular formula is C55H68Cl2N8. The third kappa shape index (κ3) is 10.3. The lowest BCUT2D eigenvalue weighted by Gasteiger charge is -2.35. The van der Waals surface area contributed by atoms with Gasteiger partial charge in [0.1, 0.15) is 0 Å². The Morgan fingerprint density at radius 1 is 0.600 bits per heavy atom. The molecule has 0 radical (unpaired) electrons. The average molecular weight is 912 g/mol. The van der Waals surface area contributed by atoms with Crippen LogP contribution in [0.3, 0.4) is 0 Å². The smallest absolute Gasteiger partial charge is 0.0951 e. The summed E-state index contributed by atoms with van der Waals surface area (Å²) in [5.41, 5.74) is 17.6. The second-order valence-corrected chi connectivity index (χ2v) is 19.0. The number of benzene rings is 2. The molecule has 2 aromatic carbocycles. The molecule has 10 heteroatoms. The van der Waals surface area contributed by atoms with Crippen LogP contribution in [0, 0.1) is 39.5 Å². The highest BCUT2D eigenvalue weighted by Crippen LogP contribution is 2.47. The van der Waals surface area contributed by atoms with Crippen molar-refractivity contribution in [2.75, 3.05) is 33.2 Å². The number of nitrogens with one attached hydrogen (secondary N) is 1. The number of hydrogen-bond donors (Lipinski definition) is 1. The molecule has 6 heterocycles. The molecular weight excluding hydrogens is 844 g/mol. The molecule has 0 amide bonds. The number of piperidine rings is 2. The number of rotatable bonds is 8. The van der Waals surface area contributed by atoms with E-state index in [1.807, 2.05) is 31.1 Å². The van der Waals surface area contributed by atoms with E-state index < -0.39 is 0 Å². The zero-order valence-corrected chi connectivity index (χ0v) is 38.9. The number of hydrogen-bond acceptors (Lipinski definition) is 6. The van der Waals surface area contributed by atoms with Gasteiger partial charge in [0.15, 0.2) is 0 Å². The van der Waals surface area contributed by atoms with E-state index in [0.29, 0.717) is 23.7 Å². The molecule has 2 aliphatic carbocycles. The summed E-state index contributed by atoms with van der Waals surface area (Å²) in [6, 6.07) is 21.5. The number of aromatic nitrogens is 6. The molecule has 10 rings (SSSR count). The van der Waals surface area contributed by atoms with Crippen LogP contribution in [0.25, 0.3) is 23.3 Å². The number of aryl methyl sites for hydroxylation is 4. The van der Waals surface area contributed by atoms with Gasteiger partial charge in [0.05, 0.1) is 35.4 Å². The summed E-state index contributed by atoms with van der Waals surface area (Å²) in [6.45, 7) is 14.7. The van der Waals surface area contributed by atoms with E-state index in [0.717, 1.165) is 73.5 Å². The maximum Gasteiger partial charge on any atom is 0.0951 e. The number of allylic oxidation sites excluding steroid dienone is 2. The molecule has 342 valence electrons. The van der Waals surface area contributed by atoms with Gasteiger partial charge in [0.2, 0.25) is 0 Å². The van der Waals surface area contributed by atoms with Crippen LogP contribution < -0.4 is 5.32 Å². The summed E-state index contributed by atoms with van der Waals surface area (Å²) < 4.78 is 4.50. The number of fused-ring (bicyclic) bond motifs is 4. The Hall–Kier alpha value is -4.86. The maximum absolute atomic E-state index is 6.54. The average Bonchev–Trinajstić information content (AvgIpc) is 3.69. The van der Waals surface area contributed by atoms with E-state index in [9.17, 15) is 0 Å². The highest BCUT2D eigenvalue weighted by atomic mass is 35.5. The predicted octanol–water partition coefficient (Wildman–Crippen LogP) is 12.9. The lowest BCUT2D eigenvalue weighted by molar-refractivity contribution is 0.206. The molecule has 0 bridgehead atoms. The zero-order chi connectivity index (χ0) is 43.6. The molecule has 2 unspecified atom stereocenters. The van der Waals surface area contributed by atoms with Crippen molar-refractivity contribution in [1.29, 1.82) is 0 Å². The van der Waals surface area contributed by atoms with Crippen LogP contribution in [-0.2, 0) is 13.1 Å². The van der Waals surface area contributed by atoms with Crippen LogP contribution in [0.5, 0.6) is 0 Å². The summed E-state index contributed by atoms with van der Waals surface area (Å²) in [7, 11) is 2.22. The molecule has 2 fully saturated rings. The van der Waals surface area contributed by atoms with Gasteiger partial charge in [-0.05, 0) is 204 Å². The predicted molar refractivity (Wildman–Crippen MR) is 273 cm³/mol. The Morgan fingerprint density at radius 3 is 1.48 bits per heavy atom. The summed E-state index contributed by atoms with van der Waals surface area (Å²) in [4.78, 5) is 21.2. The highest BCUT2D eigenvalue weighted by Gasteiger charge is 2.35. The van der Waals surface area contributed by atoms with Crippen molar-refractivity contribution in [1.82, 2.24) is 39.3 Å². The monoisotopic (exact) mass is 910 g/mol. The fourth-order valence-electron chi connectivity index (χ4n) is 10.5. The summed E-state index contributed by atoms with van der Waals surface area (Å²) in [5, 5.41) is 5.11. The quantitative estimate of drug-likeness (QED) is 0.164. The van der Waals surface area contributed by atoms with Gasteiger partial charge in [-0.1, -0.05) is 62.3 Å². The highest BCUT2D eigenvalue weighted by molar-refractivity contribution is 6.31. The van der Waals surface area contributed by atoms with E-state index in [1.54, 1.807) is 0 Å². The zero-order valence-electron chi connectivity index (χ0n) is 37.4. The van der Waals surface area contributed by atoms with Crippen molar-refractivity contribution in [3.8, 4) is 0 Å². The van der Waals surface area contributed by atoms with E-state index in [4.69, 9.17) is 33.2 Å². The minimum Gasteiger partial charge on any atom is -0.334 e. The molecule has 6 aromatic rings. The van der Waals surface area contributed by atoms with Crippen molar-refractivity contribution in [2.45, 2.75) is 106 Å². The summed E-state index contributed by atoms with van der Waals surface area (Å²) in [6.07, 6.45) is 19.1. The third-order valence-electron chi connectivity index (χ3n) is 14.4. The lowest BCUT2D eigenvalue weighted by atomic mass is 9.76. The van der Waals surface area contributed by atoms with Gasteiger partial charge in [0, 0.05) is 58.8 Å². The topological polar surface area (TPSA) is 76.7 Å². The molecule has 4 aromatic heterocycles. The van der Waals surface area contributed by atoms with Gasteiger partial charge in [-0.15, -0.1) is 0 Å². The number of likely N-dealkylation sites (tertiary alicyclic amines) is 1. The van der Waals surface area contributed by atoms with E-state index >= 15 is 0 Å². The van der Waals surface area contributed by atoms with Crippen molar-refractivity contribution >= 4 is 46.5 Å². The van der Waals surface area contributed by atoms with E-state index in [1.165, 1.54) is 93.0 Å². The molecule has 1 N–H and O–H groups in total.